The van der Waals surface area contributed by atoms with Crippen LogP contribution < -0.4 is 19.5 Å². The molecular formula is C23H31FN2O3. The Balaban J connectivity index is 1.88. The number of halogens is 1. The van der Waals surface area contributed by atoms with Gasteiger partial charge in [0.1, 0.15) is 6.61 Å². The number of likely N-dealkylation sites (N-methyl/N-ethyl adjacent to an activating group) is 1. The van der Waals surface area contributed by atoms with Crippen LogP contribution >= 0.6 is 0 Å². The Morgan fingerprint density at radius 1 is 1.03 bits per heavy atom. The molecule has 2 aromatic rings. The predicted molar refractivity (Wildman–Crippen MR) is 113 cm³/mol. The maximum atomic E-state index is 14.3. The molecule has 1 unspecified atom stereocenters. The molecule has 1 atom stereocenters. The van der Waals surface area contributed by atoms with E-state index in [-0.39, 0.29) is 17.6 Å². The number of hydrogen-bond acceptors (Lipinski definition) is 5. The standard InChI is InChI=1S/C23H31FN2O3/c1-5-26(6-2)11-12-29-22-15-18-16(14-21(22)28-4)9-10-25-23(18)17-7-8-20(27-3)19(24)13-17/h7-8,13-15,23,25H,5-6,9-12H2,1-4H3. The van der Waals surface area contributed by atoms with Gasteiger partial charge in [0.05, 0.1) is 20.3 Å². The molecule has 158 valence electrons. The quantitative estimate of drug-likeness (QED) is 0.691. The van der Waals surface area contributed by atoms with E-state index in [2.05, 4.69) is 30.1 Å². The Labute approximate surface area is 172 Å². The minimum absolute atomic E-state index is 0.102. The number of nitrogens with zero attached hydrogens (tertiary/aromatic N) is 1. The van der Waals surface area contributed by atoms with Gasteiger partial charge in [-0.1, -0.05) is 19.9 Å². The minimum atomic E-state index is -0.358. The van der Waals surface area contributed by atoms with Gasteiger partial charge in [-0.3, -0.25) is 0 Å². The second-order valence-electron chi connectivity index (χ2n) is 7.11. The monoisotopic (exact) mass is 402 g/mol. The summed E-state index contributed by atoms with van der Waals surface area (Å²) in [5, 5.41) is 3.50. The minimum Gasteiger partial charge on any atom is -0.494 e. The molecule has 5 nitrogen and oxygen atoms in total. The molecule has 29 heavy (non-hydrogen) atoms. The lowest BCUT2D eigenvalue weighted by molar-refractivity contribution is 0.217. The fourth-order valence-electron chi connectivity index (χ4n) is 3.82. The van der Waals surface area contributed by atoms with Crippen LogP contribution in [0.3, 0.4) is 0 Å². The highest BCUT2D eigenvalue weighted by atomic mass is 19.1. The predicted octanol–water partition coefficient (Wildman–Crippen LogP) is 3.80. The maximum absolute atomic E-state index is 14.3. The summed E-state index contributed by atoms with van der Waals surface area (Å²) in [4.78, 5) is 2.31. The molecule has 1 aliphatic rings. The molecule has 0 saturated heterocycles. The number of benzene rings is 2. The maximum Gasteiger partial charge on any atom is 0.165 e. The molecule has 0 amide bonds. The molecule has 0 radical (unpaired) electrons. The van der Waals surface area contributed by atoms with Crippen molar-refractivity contribution < 1.29 is 18.6 Å². The molecule has 0 fully saturated rings. The van der Waals surface area contributed by atoms with Gasteiger partial charge in [-0.25, -0.2) is 4.39 Å². The summed E-state index contributed by atoms with van der Waals surface area (Å²) in [6.45, 7) is 8.55. The van der Waals surface area contributed by atoms with Gasteiger partial charge in [-0.2, -0.15) is 0 Å². The van der Waals surface area contributed by atoms with Gasteiger partial charge in [0.25, 0.3) is 0 Å². The Bertz CT molecular complexity index is 824. The lowest BCUT2D eigenvalue weighted by Gasteiger charge is -2.29. The number of rotatable bonds is 9. The SMILES string of the molecule is CCN(CC)CCOc1cc2c(cc1OC)CCNC2c1ccc(OC)c(F)c1. The van der Waals surface area contributed by atoms with Gasteiger partial charge in [-0.05, 0) is 60.5 Å². The van der Waals surface area contributed by atoms with Gasteiger partial charge in [0.15, 0.2) is 23.1 Å². The molecule has 1 heterocycles. The normalized spacial score (nSPS) is 15.9. The second-order valence-corrected chi connectivity index (χ2v) is 7.11. The van der Waals surface area contributed by atoms with Crippen molar-refractivity contribution in [1.29, 1.82) is 0 Å². The summed E-state index contributed by atoms with van der Waals surface area (Å²) in [5.41, 5.74) is 3.15. The lowest BCUT2D eigenvalue weighted by atomic mass is 9.89. The van der Waals surface area contributed by atoms with Crippen LogP contribution in [0.2, 0.25) is 0 Å². The highest BCUT2D eigenvalue weighted by Crippen LogP contribution is 2.38. The molecule has 0 spiro atoms. The van der Waals surface area contributed by atoms with Crippen molar-refractivity contribution in [3.8, 4) is 17.2 Å². The third kappa shape index (κ3) is 4.82. The van der Waals surface area contributed by atoms with Crippen molar-refractivity contribution in [3.05, 3.63) is 52.8 Å². The van der Waals surface area contributed by atoms with Crippen LogP contribution in [-0.4, -0.2) is 51.9 Å². The Morgan fingerprint density at radius 3 is 2.45 bits per heavy atom. The molecule has 6 heteroatoms. The van der Waals surface area contributed by atoms with Crippen LogP contribution in [0.15, 0.2) is 30.3 Å². The fraction of sp³-hybridized carbons (Fsp3) is 0.478. The number of nitrogens with one attached hydrogen (secondary N) is 1. The van der Waals surface area contributed by atoms with Gasteiger partial charge in [0, 0.05) is 13.1 Å². The second kappa shape index (κ2) is 9.94. The summed E-state index contributed by atoms with van der Waals surface area (Å²) in [6.07, 6.45) is 0.889. The fourth-order valence-corrected chi connectivity index (χ4v) is 3.82. The molecule has 3 rings (SSSR count). The Morgan fingerprint density at radius 2 is 1.79 bits per heavy atom. The number of ether oxygens (including phenoxy) is 3. The van der Waals surface area contributed by atoms with E-state index in [0.717, 1.165) is 55.2 Å². The van der Waals surface area contributed by atoms with Crippen LogP contribution in [0.1, 0.15) is 36.6 Å². The van der Waals surface area contributed by atoms with Crippen molar-refractivity contribution in [2.75, 3.05) is 47.0 Å². The lowest BCUT2D eigenvalue weighted by Crippen LogP contribution is -2.31. The Kier molecular flexibility index (Phi) is 7.34. The summed E-state index contributed by atoms with van der Waals surface area (Å²) in [6, 6.07) is 9.10. The first-order valence-electron chi connectivity index (χ1n) is 10.2. The summed E-state index contributed by atoms with van der Waals surface area (Å²) >= 11 is 0. The number of hydrogen-bond donors (Lipinski definition) is 1. The van der Waals surface area contributed by atoms with Crippen molar-refractivity contribution >= 4 is 0 Å². The van der Waals surface area contributed by atoms with E-state index < -0.39 is 0 Å². The third-order valence-electron chi connectivity index (χ3n) is 5.55. The van der Waals surface area contributed by atoms with E-state index in [1.54, 1.807) is 13.2 Å². The van der Waals surface area contributed by atoms with Crippen LogP contribution in [0, 0.1) is 5.82 Å². The molecule has 1 N–H and O–H groups in total. The first kappa shape index (κ1) is 21.4. The smallest absolute Gasteiger partial charge is 0.165 e. The number of fused-ring (bicyclic) bond motifs is 1. The topological polar surface area (TPSA) is 43.0 Å². The van der Waals surface area contributed by atoms with Gasteiger partial charge in [0.2, 0.25) is 0 Å². The molecular weight excluding hydrogens is 371 g/mol. The summed E-state index contributed by atoms with van der Waals surface area (Å²) < 4.78 is 31.0. The third-order valence-corrected chi connectivity index (χ3v) is 5.55. The van der Waals surface area contributed by atoms with Crippen LogP contribution in [0.4, 0.5) is 4.39 Å². The van der Waals surface area contributed by atoms with Crippen LogP contribution in [0.5, 0.6) is 17.2 Å². The first-order chi connectivity index (χ1) is 14.1. The van der Waals surface area contributed by atoms with Gasteiger partial charge >= 0.3 is 0 Å². The highest BCUT2D eigenvalue weighted by Gasteiger charge is 2.25. The first-order valence-corrected chi connectivity index (χ1v) is 10.2. The van der Waals surface area contributed by atoms with E-state index in [4.69, 9.17) is 14.2 Å². The van der Waals surface area contributed by atoms with Crippen LogP contribution in [0.25, 0.3) is 0 Å². The molecule has 0 aromatic heterocycles. The highest BCUT2D eigenvalue weighted by molar-refractivity contribution is 5.52. The van der Waals surface area contributed by atoms with E-state index >= 15 is 0 Å². The summed E-state index contributed by atoms with van der Waals surface area (Å²) in [5.74, 6) is 1.36. The van der Waals surface area contributed by atoms with E-state index in [0.29, 0.717) is 6.61 Å². The van der Waals surface area contributed by atoms with Crippen molar-refractivity contribution in [2.45, 2.75) is 26.3 Å². The Hall–Kier alpha value is -2.31. The zero-order valence-electron chi connectivity index (χ0n) is 17.8. The zero-order chi connectivity index (χ0) is 20.8. The van der Waals surface area contributed by atoms with Crippen molar-refractivity contribution in [3.63, 3.8) is 0 Å². The zero-order valence-corrected chi connectivity index (χ0v) is 17.8. The van der Waals surface area contributed by atoms with Crippen LogP contribution in [-0.2, 0) is 6.42 Å². The van der Waals surface area contributed by atoms with Gasteiger partial charge < -0.3 is 24.4 Å². The van der Waals surface area contributed by atoms with E-state index in [1.165, 1.54) is 18.7 Å². The molecule has 1 aliphatic heterocycles. The molecule has 0 aliphatic carbocycles. The van der Waals surface area contributed by atoms with E-state index in [1.807, 2.05) is 12.1 Å². The van der Waals surface area contributed by atoms with Crippen molar-refractivity contribution in [1.82, 2.24) is 10.2 Å². The van der Waals surface area contributed by atoms with Gasteiger partial charge in [-0.15, -0.1) is 0 Å². The summed E-state index contributed by atoms with van der Waals surface area (Å²) in [7, 11) is 3.14. The van der Waals surface area contributed by atoms with E-state index in [9.17, 15) is 4.39 Å². The average Bonchev–Trinajstić information content (AvgIpc) is 2.75. The van der Waals surface area contributed by atoms with Crippen molar-refractivity contribution in [2.24, 2.45) is 0 Å². The largest absolute Gasteiger partial charge is 0.494 e. The number of methoxy groups -OCH3 is 2. The molecule has 0 saturated carbocycles. The molecule has 2 aromatic carbocycles. The average molecular weight is 403 g/mol. The molecule has 0 bridgehead atoms.